The maximum absolute atomic E-state index is 12.5. The number of carbonyl (C=O) groups is 2. The zero-order valence-electron chi connectivity index (χ0n) is 13.9. The molecule has 128 valence electrons. The van der Waals surface area contributed by atoms with E-state index in [1.54, 1.807) is 18.3 Å². The summed E-state index contributed by atoms with van der Waals surface area (Å²) < 4.78 is 0. The van der Waals surface area contributed by atoms with Gasteiger partial charge in [-0.3, -0.25) is 14.6 Å². The summed E-state index contributed by atoms with van der Waals surface area (Å²) in [5.74, 6) is 0.805. The summed E-state index contributed by atoms with van der Waals surface area (Å²) in [5, 5.41) is 5.64. The second kappa shape index (κ2) is 6.63. The van der Waals surface area contributed by atoms with E-state index in [4.69, 9.17) is 0 Å². The van der Waals surface area contributed by atoms with Gasteiger partial charge in [-0.2, -0.15) is 0 Å². The summed E-state index contributed by atoms with van der Waals surface area (Å²) >= 11 is 0. The van der Waals surface area contributed by atoms with Gasteiger partial charge in [0.1, 0.15) is 5.82 Å². The summed E-state index contributed by atoms with van der Waals surface area (Å²) in [4.78, 5) is 32.7. The Bertz CT molecular complexity index is 813. The molecule has 2 amide bonds. The number of amides is 2. The van der Waals surface area contributed by atoms with Gasteiger partial charge in [0.05, 0.1) is 11.9 Å². The largest absolute Gasteiger partial charge is 0.321 e. The van der Waals surface area contributed by atoms with Crippen LogP contribution in [0, 0.1) is 5.92 Å². The lowest BCUT2D eigenvalue weighted by molar-refractivity contribution is -0.117. The van der Waals surface area contributed by atoms with Crippen molar-refractivity contribution in [1.29, 1.82) is 0 Å². The average Bonchev–Trinajstić information content (AvgIpc) is 3.39. The van der Waals surface area contributed by atoms with Crippen molar-refractivity contribution in [3.63, 3.8) is 0 Å². The number of pyridine rings is 2. The Balaban J connectivity index is 1.44. The van der Waals surface area contributed by atoms with Crippen molar-refractivity contribution in [2.75, 3.05) is 10.6 Å². The van der Waals surface area contributed by atoms with Gasteiger partial charge in [-0.1, -0.05) is 6.42 Å². The molecule has 2 aliphatic carbocycles. The van der Waals surface area contributed by atoms with Crippen molar-refractivity contribution >= 4 is 23.3 Å². The number of rotatable bonds is 5. The molecule has 0 saturated heterocycles. The Labute approximate surface area is 146 Å². The number of carbonyl (C=O) groups excluding carboxylic acids is 2. The standard InChI is InChI=1S/C19H20N4O2/c24-18(13-4-5-13)23-17-9-14(6-7-21-17)19(25)22-16-8-15(10-20-11-16)12-2-1-3-12/h6-13H,1-5H2,(H,22,25)(H,21,23,24). The van der Waals surface area contributed by atoms with E-state index in [1.165, 1.54) is 31.0 Å². The Morgan fingerprint density at radius 3 is 2.60 bits per heavy atom. The normalized spacial score (nSPS) is 16.8. The summed E-state index contributed by atoms with van der Waals surface area (Å²) in [7, 11) is 0. The Kier molecular flexibility index (Phi) is 4.17. The number of aromatic nitrogens is 2. The van der Waals surface area contributed by atoms with Gasteiger partial charge in [0.25, 0.3) is 5.91 Å². The zero-order chi connectivity index (χ0) is 17.2. The third kappa shape index (κ3) is 3.68. The summed E-state index contributed by atoms with van der Waals surface area (Å²) in [5.41, 5.74) is 2.32. The summed E-state index contributed by atoms with van der Waals surface area (Å²) in [6.07, 6.45) is 10.5. The van der Waals surface area contributed by atoms with Crippen LogP contribution in [0.15, 0.2) is 36.8 Å². The zero-order valence-corrected chi connectivity index (χ0v) is 13.9. The molecule has 0 unspecified atom stereocenters. The Morgan fingerprint density at radius 1 is 1.04 bits per heavy atom. The maximum Gasteiger partial charge on any atom is 0.255 e. The third-order valence-electron chi connectivity index (χ3n) is 4.82. The first-order chi connectivity index (χ1) is 12.2. The molecule has 2 heterocycles. The van der Waals surface area contributed by atoms with Crippen LogP contribution in [0.4, 0.5) is 11.5 Å². The SMILES string of the molecule is O=C(Nc1cncc(C2CCC2)c1)c1ccnc(NC(=O)C2CC2)c1. The van der Waals surface area contributed by atoms with E-state index >= 15 is 0 Å². The first-order valence-electron chi connectivity index (χ1n) is 8.72. The molecule has 6 heteroatoms. The predicted octanol–water partition coefficient (Wildman–Crippen LogP) is 3.34. The highest BCUT2D eigenvalue weighted by atomic mass is 16.2. The fourth-order valence-electron chi connectivity index (χ4n) is 2.91. The minimum Gasteiger partial charge on any atom is -0.321 e. The average molecular weight is 336 g/mol. The van der Waals surface area contributed by atoms with E-state index in [2.05, 4.69) is 20.6 Å². The minimum atomic E-state index is -0.239. The van der Waals surface area contributed by atoms with Crippen LogP contribution in [0.5, 0.6) is 0 Å². The first-order valence-corrected chi connectivity index (χ1v) is 8.72. The van der Waals surface area contributed by atoms with Crippen LogP contribution in [0.1, 0.15) is 53.9 Å². The number of nitrogens with one attached hydrogen (secondary N) is 2. The molecule has 6 nitrogen and oxygen atoms in total. The van der Waals surface area contributed by atoms with Gasteiger partial charge in [0, 0.05) is 23.9 Å². The molecular formula is C19H20N4O2. The third-order valence-corrected chi connectivity index (χ3v) is 4.82. The lowest BCUT2D eigenvalue weighted by atomic mass is 9.81. The van der Waals surface area contributed by atoms with Gasteiger partial charge < -0.3 is 10.6 Å². The number of anilines is 2. The minimum absolute atomic E-state index is 0.0255. The van der Waals surface area contributed by atoms with Crippen LogP contribution in [0.25, 0.3) is 0 Å². The van der Waals surface area contributed by atoms with Crippen molar-refractivity contribution in [3.8, 4) is 0 Å². The van der Waals surface area contributed by atoms with Crippen LogP contribution in [0.3, 0.4) is 0 Å². The quantitative estimate of drug-likeness (QED) is 0.877. The van der Waals surface area contributed by atoms with Crippen LogP contribution in [0.2, 0.25) is 0 Å². The molecule has 2 aliphatic rings. The lowest BCUT2D eigenvalue weighted by Crippen LogP contribution is -2.17. The van der Waals surface area contributed by atoms with Gasteiger partial charge in [0.15, 0.2) is 0 Å². The van der Waals surface area contributed by atoms with Gasteiger partial charge in [-0.15, -0.1) is 0 Å². The van der Waals surface area contributed by atoms with Gasteiger partial charge >= 0.3 is 0 Å². The van der Waals surface area contributed by atoms with Crippen molar-refractivity contribution in [3.05, 3.63) is 47.9 Å². The fourth-order valence-corrected chi connectivity index (χ4v) is 2.91. The van der Waals surface area contributed by atoms with Crippen molar-refractivity contribution in [2.24, 2.45) is 5.92 Å². The van der Waals surface area contributed by atoms with Gasteiger partial charge in [-0.25, -0.2) is 4.98 Å². The van der Waals surface area contributed by atoms with Crippen molar-refractivity contribution in [2.45, 2.75) is 38.0 Å². The van der Waals surface area contributed by atoms with E-state index in [9.17, 15) is 9.59 Å². The van der Waals surface area contributed by atoms with Crippen LogP contribution >= 0.6 is 0 Å². The fraction of sp³-hybridized carbons (Fsp3) is 0.368. The predicted molar refractivity (Wildman–Crippen MR) is 94.4 cm³/mol. The molecule has 0 radical (unpaired) electrons. The van der Waals surface area contributed by atoms with Crippen LogP contribution in [-0.4, -0.2) is 21.8 Å². The first kappa shape index (κ1) is 15.7. The molecule has 2 fully saturated rings. The molecule has 2 saturated carbocycles. The van der Waals surface area contributed by atoms with E-state index in [1.807, 2.05) is 12.3 Å². The molecule has 0 atom stereocenters. The highest BCUT2D eigenvalue weighted by Gasteiger charge is 2.29. The number of nitrogens with zero attached hydrogens (tertiary/aromatic N) is 2. The van der Waals surface area contributed by atoms with E-state index in [0.29, 0.717) is 23.0 Å². The second-order valence-electron chi connectivity index (χ2n) is 6.78. The second-order valence-corrected chi connectivity index (χ2v) is 6.78. The summed E-state index contributed by atoms with van der Waals surface area (Å²) in [6, 6.07) is 5.22. The molecule has 2 aromatic heterocycles. The lowest BCUT2D eigenvalue weighted by Gasteiger charge is -2.25. The van der Waals surface area contributed by atoms with Crippen LogP contribution < -0.4 is 10.6 Å². The molecular weight excluding hydrogens is 316 g/mol. The van der Waals surface area contributed by atoms with E-state index in [-0.39, 0.29) is 17.7 Å². The highest BCUT2D eigenvalue weighted by molar-refractivity contribution is 6.05. The molecule has 2 aromatic rings. The van der Waals surface area contributed by atoms with Crippen molar-refractivity contribution < 1.29 is 9.59 Å². The Morgan fingerprint density at radius 2 is 1.88 bits per heavy atom. The molecule has 0 aromatic carbocycles. The molecule has 0 bridgehead atoms. The molecule has 4 rings (SSSR count). The van der Waals surface area contributed by atoms with E-state index < -0.39 is 0 Å². The van der Waals surface area contributed by atoms with Gasteiger partial charge in [-0.05, 0) is 55.4 Å². The number of hydrogen-bond acceptors (Lipinski definition) is 4. The van der Waals surface area contributed by atoms with E-state index in [0.717, 1.165) is 12.8 Å². The topological polar surface area (TPSA) is 84.0 Å². The Hall–Kier alpha value is -2.76. The molecule has 0 aliphatic heterocycles. The maximum atomic E-state index is 12.5. The molecule has 0 spiro atoms. The van der Waals surface area contributed by atoms with Crippen molar-refractivity contribution in [1.82, 2.24) is 9.97 Å². The number of hydrogen-bond donors (Lipinski definition) is 2. The highest BCUT2D eigenvalue weighted by Crippen LogP contribution is 2.36. The molecule has 2 N–H and O–H groups in total. The van der Waals surface area contributed by atoms with Gasteiger partial charge in [0.2, 0.25) is 5.91 Å². The smallest absolute Gasteiger partial charge is 0.255 e. The molecule has 25 heavy (non-hydrogen) atoms. The van der Waals surface area contributed by atoms with Crippen LogP contribution in [-0.2, 0) is 4.79 Å². The monoisotopic (exact) mass is 336 g/mol. The summed E-state index contributed by atoms with van der Waals surface area (Å²) in [6.45, 7) is 0.